The molecule has 0 spiro atoms. The second-order valence-corrected chi connectivity index (χ2v) is 5.16. The Labute approximate surface area is 116 Å². The van der Waals surface area contributed by atoms with E-state index in [9.17, 15) is 0 Å². The minimum atomic E-state index is 0.298. The first-order valence-electron chi connectivity index (χ1n) is 7.10. The monoisotopic (exact) mass is 260 g/mol. The zero-order chi connectivity index (χ0) is 13.7. The third-order valence-corrected chi connectivity index (χ3v) is 3.47. The van der Waals surface area contributed by atoms with Crippen molar-refractivity contribution in [1.82, 2.24) is 5.32 Å². The predicted octanol–water partition coefficient (Wildman–Crippen LogP) is 2.98. The third kappa shape index (κ3) is 3.74. The number of benzene rings is 1. The number of rotatable bonds is 6. The Morgan fingerprint density at radius 3 is 3.16 bits per heavy atom. The van der Waals surface area contributed by atoms with Gasteiger partial charge in [-0.05, 0) is 37.5 Å². The topological polar surface area (TPSA) is 33.3 Å². The van der Waals surface area contributed by atoms with E-state index in [1.165, 1.54) is 5.56 Å². The summed E-state index contributed by atoms with van der Waals surface area (Å²) in [4.78, 5) is 0. The third-order valence-electron chi connectivity index (χ3n) is 3.47. The van der Waals surface area contributed by atoms with Crippen LogP contribution < -0.4 is 15.4 Å². The second kappa shape index (κ2) is 6.62. The molecule has 1 aliphatic heterocycles. The lowest BCUT2D eigenvalue weighted by Crippen LogP contribution is -2.30. The number of hydrogen-bond acceptors (Lipinski definition) is 3. The van der Waals surface area contributed by atoms with E-state index in [0.29, 0.717) is 12.1 Å². The van der Waals surface area contributed by atoms with Crippen molar-refractivity contribution in [3.8, 4) is 5.75 Å². The molecule has 0 saturated heterocycles. The Morgan fingerprint density at radius 1 is 1.58 bits per heavy atom. The number of anilines is 1. The van der Waals surface area contributed by atoms with Crippen LogP contribution in [0.2, 0.25) is 0 Å². The SMILES string of the molecule is C=CCNC(C)Cc1ccc2c(c1)NCC(CC)O2. The lowest BCUT2D eigenvalue weighted by atomic mass is 10.0. The fourth-order valence-corrected chi connectivity index (χ4v) is 2.33. The smallest absolute Gasteiger partial charge is 0.142 e. The number of nitrogens with one attached hydrogen (secondary N) is 2. The fourth-order valence-electron chi connectivity index (χ4n) is 2.33. The van der Waals surface area contributed by atoms with E-state index >= 15 is 0 Å². The molecule has 1 aromatic rings. The molecule has 0 radical (unpaired) electrons. The van der Waals surface area contributed by atoms with Crippen molar-refractivity contribution >= 4 is 5.69 Å². The average Bonchev–Trinajstić information content (AvgIpc) is 2.44. The molecule has 3 heteroatoms. The van der Waals surface area contributed by atoms with Gasteiger partial charge in [0.1, 0.15) is 11.9 Å². The van der Waals surface area contributed by atoms with E-state index in [1.807, 2.05) is 6.08 Å². The van der Waals surface area contributed by atoms with E-state index in [2.05, 4.69) is 49.3 Å². The summed E-state index contributed by atoms with van der Waals surface area (Å²) in [5.74, 6) is 0.980. The molecule has 0 aromatic heterocycles. The van der Waals surface area contributed by atoms with Gasteiger partial charge in [-0.3, -0.25) is 0 Å². The Balaban J connectivity index is 1.99. The van der Waals surface area contributed by atoms with Crippen molar-refractivity contribution in [1.29, 1.82) is 0 Å². The normalized spacial score (nSPS) is 18.9. The van der Waals surface area contributed by atoms with Crippen LogP contribution in [-0.4, -0.2) is 25.2 Å². The van der Waals surface area contributed by atoms with Crippen molar-refractivity contribution in [2.75, 3.05) is 18.4 Å². The molecule has 1 aliphatic rings. The van der Waals surface area contributed by atoms with E-state index in [0.717, 1.165) is 37.4 Å². The summed E-state index contributed by atoms with van der Waals surface area (Å²) in [6.45, 7) is 9.82. The van der Waals surface area contributed by atoms with Gasteiger partial charge >= 0.3 is 0 Å². The molecule has 1 heterocycles. The molecule has 0 bridgehead atoms. The lowest BCUT2D eigenvalue weighted by Gasteiger charge is -2.27. The zero-order valence-electron chi connectivity index (χ0n) is 11.9. The van der Waals surface area contributed by atoms with Crippen LogP contribution >= 0.6 is 0 Å². The molecular weight excluding hydrogens is 236 g/mol. The molecule has 2 atom stereocenters. The van der Waals surface area contributed by atoms with Gasteiger partial charge in [0, 0.05) is 12.6 Å². The van der Waals surface area contributed by atoms with Crippen molar-refractivity contribution in [3.63, 3.8) is 0 Å². The predicted molar refractivity (Wildman–Crippen MR) is 81.0 cm³/mol. The van der Waals surface area contributed by atoms with Crippen LogP contribution in [-0.2, 0) is 6.42 Å². The molecule has 1 aromatic carbocycles. The minimum absolute atomic E-state index is 0.298. The molecule has 2 N–H and O–H groups in total. The Morgan fingerprint density at radius 2 is 2.42 bits per heavy atom. The largest absolute Gasteiger partial charge is 0.486 e. The van der Waals surface area contributed by atoms with E-state index in [-0.39, 0.29) is 0 Å². The molecule has 3 nitrogen and oxygen atoms in total. The number of hydrogen-bond donors (Lipinski definition) is 2. The van der Waals surface area contributed by atoms with Crippen molar-refractivity contribution in [3.05, 3.63) is 36.4 Å². The lowest BCUT2D eigenvalue weighted by molar-refractivity contribution is 0.202. The van der Waals surface area contributed by atoms with Crippen molar-refractivity contribution in [2.24, 2.45) is 0 Å². The fraction of sp³-hybridized carbons (Fsp3) is 0.500. The molecular formula is C16H24N2O. The standard InChI is InChI=1S/C16H24N2O/c1-4-8-17-12(3)9-13-6-7-16-15(10-13)18-11-14(5-2)19-16/h4,6-7,10,12,14,17-18H,1,5,8-9,11H2,2-3H3. The first kappa shape index (κ1) is 13.9. The van der Waals surface area contributed by atoms with Crippen LogP contribution in [0.5, 0.6) is 5.75 Å². The van der Waals surface area contributed by atoms with E-state index in [1.54, 1.807) is 0 Å². The maximum Gasteiger partial charge on any atom is 0.142 e. The Hall–Kier alpha value is -1.48. The van der Waals surface area contributed by atoms with E-state index < -0.39 is 0 Å². The molecule has 2 unspecified atom stereocenters. The van der Waals surface area contributed by atoms with Gasteiger partial charge in [-0.25, -0.2) is 0 Å². The number of ether oxygens (including phenoxy) is 1. The van der Waals surface area contributed by atoms with E-state index in [4.69, 9.17) is 4.74 Å². The molecule has 0 saturated carbocycles. The molecule has 0 fully saturated rings. The van der Waals surface area contributed by atoms with Crippen molar-refractivity contribution in [2.45, 2.75) is 38.8 Å². The van der Waals surface area contributed by atoms with Crippen molar-refractivity contribution < 1.29 is 4.74 Å². The van der Waals surface area contributed by atoms with Crippen LogP contribution in [0.15, 0.2) is 30.9 Å². The minimum Gasteiger partial charge on any atom is -0.486 e. The summed E-state index contributed by atoms with van der Waals surface area (Å²) in [7, 11) is 0. The van der Waals surface area contributed by atoms with Gasteiger partial charge in [0.15, 0.2) is 0 Å². The van der Waals surface area contributed by atoms with Crippen LogP contribution in [0.1, 0.15) is 25.8 Å². The van der Waals surface area contributed by atoms with Gasteiger partial charge in [-0.15, -0.1) is 6.58 Å². The second-order valence-electron chi connectivity index (χ2n) is 5.16. The summed E-state index contributed by atoms with van der Waals surface area (Å²) in [6.07, 6.45) is 4.24. The summed E-state index contributed by atoms with van der Waals surface area (Å²) in [5, 5.41) is 6.87. The molecule has 104 valence electrons. The maximum absolute atomic E-state index is 5.91. The van der Waals surface area contributed by atoms with Crippen LogP contribution in [0.25, 0.3) is 0 Å². The quantitative estimate of drug-likeness (QED) is 0.772. The molecule has 2 rings (SSSR count). The highest BCUT2D eigenvalue weighted by Gasteiger charge is 2.17. The highest BCUT2D eigenvalue weighted by molar-refractivity contribution is 5.59. The van der Waals surface area contributed by atoms with Crippen LogP contribution in [0, 0.1) is 0 Å². The van der Waals surface area contributed by atoms with Gasteiger partial charge < -0.3 is 15.4 Å². The first-order chi connectivity index (χ1) is 9.22. The Kier molecular flexibility index (Phi) is 4.86. The Bertz CT molecular complexity index is 431. The van der Waals surface area contributed by atoms with Gasteiger partial charge in [-0.2, -0.15) is 0 Å². The first-order valence-corrected chi connectivity index (χ1v) is 7.10. The van der Waals surface area contributed by atoms with Gasteiger partial charge in [0.2, 0.25) is 0 Å². The highest BCUT2D eigenvalue weighted by Crippen LogP contribution is 2.30. The number of fused-ring (bicyclic) bond motifs is 1. The van der Waals surface area contributed by atoms with Crippen LogP contribution in [0.3, 0.4) is 0 Å². The van der Waals surface area contributed by atoms with Gasteiger partial charge in [-0.1, -0.05) is 19.1 Å². The maximum atomic E-state index is 5.91. The molecule has 0 aliphatic carbocycles. The van der Waals surface area contributed by atoms with Crippen LogP contribution in [0.4, 0.5) is 5.69 Å². The van der Waals surface area contributed by atoms with Gasteiger partial charge in [0.05, 0.1) is 12.2 Å². The summed E-state index contributed by atoms with van der Waals surface area (Å²) in [5.41, 5.74) is 2.45. The zero-order valence-corrected chi connectivity index (χ0v) is 11.9. The molecule has 19 heavy (non-hydrogen) atoms. The average molecular weight is 260 g/mol. The summed E-state index contributed by atoms with van der Waals surface area (Å²) >= 11 is 0. The van der Waals surface area contributed by atoms with Gasteiger partial charge in [0.25, 0.3) is 0 Å². The summed E-state index contributed by atoms with van der Waals surface area (Å²) in [6, 6.07) is 6.89. The highest BCUT2D eigenvalue weighted by atomic mass is 16.5. The summed E-state index contributed by atoms with van der Waals surface area (Å²) < 4.78 is 5.91. The molecule has 0 amide bonds.